The number of carboxylic acid groups (broad SMARTS) is 1. The summed E-state index contributed by atoms with van der Waals surface area (Å²) in [5.74, 6) is -0.609. The number of aromatic nitrogens is 2. The Bertz CT molecular complexity index is 431. The molecule has 1 aliphatic rings. The quantitative estimate of drug-likeness (QED) is 0.578. The second-order valence-electron chi connectivity index (χ2n) is 4.90. The smallest absolute Gasteiger partial charge is 0.543 e. The van der Waals surface area contributed by atoms with Crippen LogP contribution in [-0.4, -0.2) is 40.8 Å². The molecular formula is C12H17ClLiN3O2. The minimum Gasteiger partial charge on any atom is -0.543 e. The molecule has 0 aliphatic carbocycles. The van der Waals surface area contributed by atoms with Crippen molar-refractivity contribution in [3.05, 3.63) is 16.9 Å². The molecule has 0 spiro atoms. The fraction of sp³-hybridized carbons (Fsp3) is 0.667. The van der Waals surface area contributed by atoms with Crippen LogP contribution in [0.4, 0.5) is 0 Å². The van der Waals surface area contributed by atoms with Crippen molar-refractivity contribution in [1.29, 1.82) is 0 Å². The first-order chi connectivity index (χ1) is 8.56. The Balaban J connectivity index is 0.00000180. The predicted molar refractivity (Wildman–Crippen MR) is 66.4 cm³/mol. The van der Waals surface area contributed by atoms with Gasteiger partial charge in [0.05, 0.1) is 5.97 Å². The number of likely N-dealkylation sites (tertiary alicyclic amines) is 1. The van der Waals surface area contributed by atoms with E-state index in [4.69, 9.17) is 11.6 Å². The molecule has 1 aliphatic heterocycles. The molecule has 0 N–H and O–H groups in total. The van der Waals surface area contributed by atoms with Gasteiger partial charge < -0.3 is 14.8 Å². The normalized spacial score (nSPS) is 17.2. The van der Waals surface area contributed by atoms with Gasteiger partial charge in [0.1, 0.15) is 10.8 Å². The van der Waals surface area contributed by atoms with Crippen LogP contribution in [0.15, 0.2) is 6.07 Å². The Hall–Kier alpha value is -0.473. The van der Waals surface area contributed by atoms with E-state index >= 15 is 0 Å². The first-order valence-corrected chi connectivity index (χ1v) is 6.57. The Morgan fingerprint density at radius 2 is 2.16 bits per heavy atom. The molecule has 0 unspecified atom stereocenters. The first-order valence-electron chi connectivity index (χ1n) is 6.19. The van der Waals surface area contributed by atoms with Crippen LogP contribution in [0.3, 0.4) is 0 Å². The number of hydrogen-bond donors (Lipinski definition) is 0. The SMILES string of the molecule is CN1CCC(CCn2nc(C(=O)[O-])cc2Cl)CC1.[Li+]. The van der Waals surface area contributed by atoms with Crippen LogP contribution < -0.4 is 24.0 Å². The summed E-state index contributed by atoms with van der Waals surface area (Å²) in [7, 11) is 2.13. The number of halogens is 1. The van der Waals surface area contributed by atoms with Gasteiger partial charge in [-0.2, -0.15) is 5.10 Å². The van der Waals surface area contributed by atoms with Gasteiger partial charge in [-0.15, -0.1) is 0 Å². The van der Waals surface area contributed by atoms with Crippen molar-refractivity contribution in [1.82, 2.24) is 14.7 Å². The zero-order valence-corrected chi connectivity index (χ0v) is 12.2. The van der Waals surface area contributed by atoms with E-state index in [1.165, 1.54) is 18.9 Å². The largest absolute Gasteiger partial charge is 1.00 e. The monoisotopic (exact) mass is 277 g/mol. The van der Waals surface area contributed by atoms with Crippen LogP contribution in [0.2, 0.25) is 5.15 Å². The van der Waals surface area contributed by atoms with Crippen LogP contribution in [0.5, 0.6) is 0 Å². The molecule has 2 rings (SSSR count). The number of carbonyl (C=O) groups is 1. The number of carbonyl (C=O) groups excluding carboxylic acids is 1. The second kappa shape index (κ2) is 7.35. The molecule has 7 heteroatoms. The van der Waals surface area contributed by atoms with Crippen molar-refractivity contribution < 1.29 is 28.8 Å². The van der Waals surface area contributed by atoms with E-state index < -0.39 is 5.97 Å². The van der Waals surface area contributed by atoms with Crippen LogP contribution in [-0.2, 0) is 6.54 Å². The maximum Gasteiger partial charge on any atom is 1.00 e. The minimum atomic E-state index is -1.28. The summed E-state index contributed by atoms with van der Waals surface area (Å²) in [5.41, 5.74) is -0.0941. The first kappa shape index (κ1) is 16.6. The fourth-order valence-electron chi connectivity index (χ4n) is 2.31. The number of aryl methyl sites for hydroxylation is 1. The number of rotatable bonds is 4. The summed E-state index contributed by atoms with van der Waals surface area (Å²) in [4.78, 5) is 13.0. The molecular weight excluding hydrogens is 261 g/mol. The van der Waals surface area contributed by atoms with Crippen LogP contribution in [0.1, 0.15) is 29.8 Å². The Labute approximate surface area is 130 Å². The van der Waals surface area contributed by atoms with Gasteiger partial charge in [-0.05, 0) is 45.3 Å². The molecule has 5 nitrogen and oxygen atoms in total. The molecule has 0 atom stereocenters. The van der Waals surface area contributed by atoms with Gasteiger partial charge in [0, 0.05) is 12.6 Å². The van der Waals surface area contributed by atoms with E-state index in [0.717, 1.165) is 19.5 Å². The molecule has 0 bridgehead atoms. The zero-order valence-electron chi connectivity index (χ0n) is 11.4. The maximum atomic E-state index is 10.7. The average molecular weight is 278 g/mol. The van der Waals surface area contributed by atoms with Crippen molar-refractivity contribution in [3.8, 4) is 0 Å². The molecule has 1 aromatic rings. The second-order valence-corrected chi connectivity index (χ2v) is 5.29. The number of nitrogens with zero attached hydrogens (tertiary/aromatic N) is 3. The maximum absolute atomic E-state index is 10.7. The van der Waals surface area contributed by atoms with Gasteiger partial charge in [-0.3, -0.25) is 4.68 Å². The third-order valence-corrected chi connectivity index (χ3v) is 3.83. The molecule has 1 fully saturated rings. The van der Waals surface area contributed by atoms with Crippen molar-refractivity contribution in [2.75, 3.05) is 20.1 Å². The van der Waals surface area contributed by atoms with Crippen molar-refractivity contribution in [3.63, 3.8) is 0 Å². The molecule has 2 heterocycles. The summed E-state index contributed by atoms with van der Waals surface area (Å²) in [5, 5.41) is 14.9. The predicted octanol–water partition coefficient (Wildman–Crippen LogP) is -2.36. The van der Waals surface area contributed by atoms with Gasteiger partial charge in [0.25, 0.3) is 0 Å². The molecule has 0 saturated carbocycles. The Morgan fingerprint density at radius 1 is 1.53 bits per heavy atom. The van der Waals surface area contributed by atoms with E-state index in [2.05, 4.69) is 17.0 Å². The molecule has 19 heavy (non-hydrogen) atoms. The molecule has 0 radical (unpaired) electrons. The van der Waals surface area contributed by atoms with E-state index in [9.17, 15) is 9.90 Å². The molecule has 0 amide bonds. The summed E-state index contributed by atoms with van der Waals surface area (Å²) >= 11 is 5.93. The number of carboxylic acids is 1. The topological polar surface area (TPSA) is 61.2 Å². The summed E-state index contributed by atoms with van der Waals surface area (Å²) in [6.45, 7) is 2.92. The molecule has 1 aromatic heterocycles. The number of aromatic carboxylic acids is 1. The van der Waals surface area contributed by atoms with Crippen molar-refractivity contribution in [2.45, 2.75) is 25.8 Å². The van der Waals surface area contributed by atoms with Gasteiger partial charge in [-0.25, -0.2) is 0 Å². The Morgan fingerprint density at radius 3 is 2.68 bits per heavy atom. The van der Waals surface area contributed by atoms with E-state index in [-0.39, 0.29) is 24.6 Å². The third-order valence-electron chi connectivity index (χ3n) is 3.53. The van der Waals surface area contributed by atoms with E-state index in [1.54, 1.807) is 4.68 Å². The fourth-order valence-corrected chi connectivity index (χ4v) is 2.53. The van der Waals surface area contributed by atoms with Crippen LogP contribution in [0.25, 0.3) is 0 Å². The summed E-state index contributed by atoms with van der Waals surface area (Å²) in [6.07, 6.45) is 3.35. The zero-order chi connectivity index (χ0) is 13.1. The minimum absolute atomic E-state index is 0. The molecule has 100 valence electrons. The molecule has 0 aromatic carbocycles. The van der Waals surface area contributed by atoms with Crippen molar-refractivity contribution in [2.24, 2.45) is 5.92 Å². The number of hydrogen-bond acceptors (Lipinski definition) is 4. The van der Waals surface area contributed by atoms with Crippen LogP contribution >= 0.6 is 11.6 Å². The van der Waals surface area contributed by atoms with Crippen molar-refractivity contribution >= 4 is 17.6 Å². The summed E-state index contributed by atoms with van der Waals surface area (Å²) in [6, 6.07) is 1.34. The van der Waals surface area contributed by atoms with Gasteiger partial charge in [-0.1, -0.05) is 11.6 Å². The summed E-state index contributed by atoms with van der Waals surface area (Å²) < 4.78 is 1.55. The standard InChI is InChI=1S/C12H18ClN3O2.Li/c1-15-5-2-9(3-6-15)4-7-16-11(13)8-10(14-16)12(17)18;/h8-9H,2-7H2,1H3,(H,17,18);/q;+1/p-1. The third kappa shape index (κ3) is 4.53. The van der Waals surface area contributed by atoms with Gasteiger partial charge >= 0.3 is 18.9 Å². The average Bonchev–Trinajstić information content (AvgIpc) is 2.70. The molecule has 1 saturated heterocycles. The number of piperidine rings is 1. The van der Waals surface area contributed by atoms with Crippen LogP contribution in [0, 0.1) is 5.92 Å². The van der Waals surface area contributed by atoms with Gasteiger partial charge in [0.2, 0.25) is 0 Å². The van der Waals surface area contributed by atoms with E-state index in [1.807, 2.05) is 0 Å². The van der Waals surface area contributed by atoms with Gasteiger partial charge in [0.15, 0.2) is 0 Å². The Kier molecular flexibility index (Phi) is 6.41. The van der Waals surface area contributed by atoms with E-state index in [0.29, 0.717) is 17.6 Å².